The maximum absolute atomic E-state index is 11.9. The summed E-state index contributed by atoms with van der Waals surface area (Å²) in [6, 6.07) is 0.0276. The lowest BCUT2D eigenvalue weighted by Gasteiger charge is -2.43. The number of amides is 3. The molecular formula is C14H25N4O3. The molecule has 1 unspecified atom stereocenters. The number of nitrogens with two attached hydrogens (primary N) is 1. The lowest BCUT2D eigenvalue weighted by Crippen LogP contribution is -2.60. The molecule has 4 N–H and O–H groups in total. The van der Waals surface area contributed by atoms with Gasteiger partial charge in [-0.25, -0.2) is 4.79 Å². The van der Waals surface area contributed by atoms with Crippen molar-refractivity contribution in [2.75, 3.05) is 27.2 Å². The fraction of sp³-hybridized carbons (Fsp3) is 0.786. The molecule has 2 aliphatic rings. The van der Waals surface area contributed by atoms with E-state index >= 15 is 0 Å². The first-order valence-electron chi connectivity index (χ1n) is 7.40. The Balaban J connectivity index is 2.01. The van der Waals surface area contributed by atoms with Crippen LogP contribution in [-0.2, 0) is 4.79 Å². The minimum Gasteiger partial charge on any atom is -0.390 e. The van der Waals surface area contributed by atoms with Crippen LogP contribution in [0.3, 0.4) is 0 Å². The summed E-state index contributed by atoms with van der Waals surface area (Å²) in [6.07, 6.45) is 4.68. The molecule has 2 rings (SSSR count). The van der Waals surface area contributed by atoms with Gasteiger partial charge in [-0.2, -0.15) is 0 Å². The Morgan fingerprint density at radius 2 is 2.33 bits per heavy atom. The number of hydrogen-bond donors (Lipinski definition) is 3. The Bertz CT molecular complexity index is 413. The lowest BCUT2D eigenvalue weighted by molar-refractivity contribution is -0.131. The molecule has 2 fully saturated rings. The van der Waals surface area contributed by atoms with Crippen molar-refractivity contribution in [2.24, 2.45) is 5.73 Å². The third-order valence-electron chi connectivity index (χ3n) is 4.71. The number of hydrogen-bond acceptors (Lipinski definition) is 4. The predicted octanol–water partition coefficient (Wildman–Crippen LogP) is -0.695. The van der Waals surface area contributed by atoms with Gasteiger partial charge in [-0.3, -0.25) is 9.69 Å². The summed E-state index contributed by atoms with van der Waals surface area (Å²) >= 11 is 0. The van der Waals surface area contributed by atoms with E-state index in [9.17, 15) is 14.7 Å². The third-order valence-corrected chi connectivity index (χ3v) is 4.71. The fourth-order valence-corrected chi connectivity index (χ4v) is 3.60. The van der Waals surface area contributed by atoms with Crippen LogP contribution >= 0.6 is 0 Å². The van der Waals surface area contributed by atoms with Gasteiger partial charge in [-0.15, -0.1) is 0 Å². The molecular weight excluding hydrogens is 272 g/mol. The average Bonchev–Trinajstić information content (AvgIpc) is 2.65. The van der Waals surface area contributed by atoms with Crippen LogP contribution < -0.4 is 11.1 Å². The van der Waals surface area contributed by atoms with Gasteiger partial charge in [0.15, 0.2) is 0 Å². The van der Waals surface area contributed by atoms with Crippen molar-refractivity contribution in [3.05, 3.63) is 6.42 Å². The molecule has 3 atom stereocenters. The molecule has 21 heavy (non-hydrogen) atoms. The number of rotatable bonds is 5. The molecule has 2 bridgehead atoms. The minimum atomic E-state index is -0.704. The average molecular weight is 297 g/mol. The second-order valence-corrected chi connectivity index (χ2v) is 6.06. The highest BCUT2D eigenvalue weighted by Gasteiger charge is 2.52. The van der Waals surface area contributed by atoms with Crippen LogP contribution in [0.5, 0.6) is 0 Å². The van der Waals surface area contributed by atoms with Gasteiger partial charge in [0, 0.05) is 33.2 Å². The lowest BCUT2D eigenvalue weighted by atomic mass is 9.87. The van der Waals surface area contributed by atoms with Gasteiger partial charge in [-0.1, -0.05) is 0 Å². The normalized spacial score (nSPS) is 30.0. The largest absolute Gasteiger partial charge is 0.390 e. The second-order valence-electron chi connectivity index (χ2n) is 6.06. The van der Waals surface area contributed by atoms with Crippen molar-refractivity contribution in [1.29, 1.82) is 0 Å². The Morgan fingerprint density at radius 1 is 1.62 bits per heavy atom. The number of aliphatic hydroxyl groups excluding tert-OH is 1. The van der Waals surface area contributed by atoms with Crippen LogP contribution in [-0.4, -0.2) is 71.7 Å². The highest BCUT2D eigenvalue weighted by molar-refractivity contribution is 5.85. The summed E-state index contributed by atoms with van der Waals surface area (Å²) in [5.41, 5.74) is 4.98. The molecule has 119 valence electrons. The number of carbonyl (C=O) groups excluding carboxylic acids is 2. The summed E-state index contributed by atoms with van der Waals surface area (Å²) in [4.78, 5) is 26.9. The van der Waals surface area contributed by atoms with Crippen molar-refractivity contribution in [3.63, 3.8) is 0 Å². The molecule has 2 aliphatic heterocycles. The summed E-state index contributed by atoms with van der Waals surface area (Å²) in [7, 11) is 3.18. The molecule has 2 heterocycles. The summed E-state index contributed by atoms with van der Waals surface area (Å²) in [5, 5.41) is 12.8. The van der Waals surface area contributed by atoms with Crippen LogP contribution in [0.15, 0.2) is 0 Å². The van der Waals surface area contributed by atoms with Gasteiger partial charge < -0.3 is 21.1 Å². The molecule has 7 heteroatoms. The number of piperidine rings is 1. The first-order valence-corrected chi connectivity index (χ1v) is 7.40. The van der Waals surface area contributed by atoms with Gasteiger partial charge in [0.2, 0.25) is 5.91 Å². The van der Waals surface area contributed by atoms with Crippen LogP contribution in [0.4, 0.5) is 4.79 Å². The zero-order valence-electron chi connectivity index (χ0n) is 12.7. The van der Waals surface area contributed by atoms with Crippen molar-refractivity contribution < 1.29 is 14.7 Å². The number of primary amides is 1. The van der Waals surface area contributed by atoms with Gasteiger partial charge >= 0.3 is 6.03 Å². The quantitative estimate of drug-likeness (QED) is 0.625. The molecule has 1 radical (unpaired) electrons. The maximum atomic E-state index is 11.9. The van der Waals surface area contributed by atoms with Crippen molar-refractivity contribution in [3.8, 4) is 0 Å². The molecule has 0 aliphatic carbocycles. The van der Waals surface area contributed by atoms with E-state index in [1.54, 1.807) is 14.1 Å². The fourth-order valence-electron chi connectivity index (χ4n) is 3.60. The van der Waals surface area contributed by atoms with Gasteiger partial charge in [0.1, 0.15) is 5.54 Å². The molecule has 2 saturated heterocycles. The van der Waals surface area contributed by atoms with E-state index in [-0.39, 0.29) is 24.5 Å². The summed E-state index contributed by atoms with van der Waals surface area (Å²) in [5.74, 6) is -0.312. The molecule has 0 spiro atoms. The standard InChI is InChI=1S/C14H25N4O3/c1-16-13(21)17(2)8-11(19)9-18-10-4-3-6-14(18,7-5-10)12(15)20/h3,10-11,19H,4-9H2,1-2H3,(H2,15,20)(H,16,21)/t10-,11?,14+/m1/s1. The van der Waals surface area contributed by atoms with E-state index in [1.165, 1.54) is 4.90 Å². The molecule has 0 aromatic heterocycles. The number of aliphatic hydroxyl groups is 1. The zero-order chi connectivity index (χ0) is 15.6. The Kier molecular flexibility index (Phi) is 4.73. The first kappa shape index (κ1) is 16.0. The minimum absolute atomic E-state index is 0.224. The topological polar surface area (TPSA) is 98.9 Å². The summed E-state index contributed by atoms with van der Waals surface area (Å²) in [6.45, 7) is 0.588. The smallest absolute Gasteiger partial charge is 0.316 e. The molecule has 0 aromatic carbocycles. The van der Waals surface area contributed by atoms with E-state index in [0.717, 1.165) is 19.3 Å². The molecule has 3 amide bonds. The second kappa shape index (κ2) is 6.19. The Labute approximate surface area is 125 Å². The number of nitrogens with one attached hydrogen (secondary N) is 1. The SMILES string of the molecule is CNC(=O)N(C)CC(O)CN1[C@@H]2C[CH]C[C@@]1(C(N)=O)CC2. The van der Waals surface area contributed by atoms with Crippen LogP contribution in [0.1, 0.15) is 25.7 Å². The number of likely N-dealkylation sites (N-methyl/N-ethyl adjacent to an activating group) is 1. The monoisotopic (exact) mass is 297 g/mol. The van der Waals surface area contributed by atoms with E-state index in [4.69, 9.17) is 5.73 Å². The predicted molar refractivity (Wildman–Crippen MR) is 78.3 cm³/mol. The molecule has 0 saturated carbocycles. The van der Waals surface area contributed by atoms with E-state index in [2.05, 4.69) is 16.6 Å². The van der Waals surface area contributed by atoms with Crippen LogP contribution in [0.2, 0.25) is 0 Å². The maximum Gasteiger partial charge on any atom is 0.316 e. The Morgan fingerprint density at radius 3 is 2.95 bits per heavy atom. The van der Waals surface area contributed by atoms with Gasteiger partial charge in [-0.05, 0) is 32.1 Å². The number of nitrogens with zero attached hydrogens (tertiary/aromatic N) is 2. The van der Waals surface area contributed by atoms with E-state index < -0.39 is 11.6 Å². The van der Waals surface area contributed by atoms with Crippen molar-refractivity contribution in [2.45, 2.75) is 43.4 Å². The first-order chi connectivity index (χ1) is 9.90. The number of urea groups is 1. The number of fused-ring (bicyclic) bond motifs is 2. The highest BCUT2D eigenvalue weighted by Crippen LogP contribution is 2.43. The Hall–Kier alpha value is -1.34. The zero-order valence-corrected chi connectivity index (χ0v) is 12.7. The van der Waals surface area contributed by atoms with Gasteiger partial charge in [0.05, 0.1) is 6.10 Å². The summed E-state index contributed by atoms with van der Waals surface area (Å²) < 4.78 is 0. The van der Waals surface area contributed by atoms with E-state index in [1.807, 2.05) is 0 Å². The van der Waals surface area contributed by atoms with Gasteiger partial charge in [0.25, 0.3) is 0 Å². The molecule has 0 aromatic rings. The van der Waals surface area contributed by atoms with Crippen LogP contribution in [0.25, 0.3) is 0 Å². The van der Waals surface area contributed by atoms with Crippen molar-refractivity contribution >= 4 is 11.9 Å². The number of carbonyl (C=O) groups is 2. The molecule has 7 nitrogen and oxygen atoms in total. The van der Waals surface area contributed by atoms with Crippen molar-refractivity contribution in [1.82, 2.24) is 15.1 Å². The third kappa shape index (κ3) is 2.98. The highest BCUT2D eigenvalue weighted by atomic mass is 16.3. The number of β-amino-alcohol motifs (C(OH)–C–C–N with tert-alkyl or cyclic N) is 1. The van der Waals surface area contributed by atoms with Crippen LogP contribution in [0, 0.1) is 6.42 Å². The van der Waals surface area contributed by atoms with E-state index in [0.29, 0.717) is 13.0 Å².